The first-order valence-electron chi connectivity index (χ1n) is 8.80. The number of nitrogens with two attached hydrogens (primary N) is 1. The third-order valence-corrected chi connectivity index (χ3v) is 6.58. The monoisotopic (exact) mass is 281 g/mol. The van der Waals surface area contributed by atoms with Crippen LogP contribution in [0.5, 0.6) is 0 Å². The average Bonchev–Trinajstić information content (AvgIpc) is 3.08. The summed E-state index contributed by atoms with van der Waals surface area (Å²) in [7, 11) is 0. The summed E-state index contributed by atoms with van der Waals surface area (Å²) in [5.74, 6) is 8.92. The second-order valence-electron chi connectivity index (χ2n) is 7.27. The molecule has 0 aromatic rings. The van der Waals surface area contributed by atoms with Gasteiger partial charge in [0.15, 0.2) is 0 Å². The van der Waals surface area contributed by atoms with Gasteiger partial charge in [0.1, 0.15) is 0 Å². The molecule has 2 aliphatic carbocycles. The highest BCUT2D eigenvalue weighted by molar-refractivity contribution is 4.99. The van der Waals surface area contributed by atoms with Gasteiger partial charge >= 0.3 is 0 Å². The van der Waals surface area contributed by atoms with Crippen molar-refractivity contribution in [2.45, 2.75) is 77.8 Å². The largest absolute Gasteiger partial charge is 0.297 e. The molecule has 20 heavy (non-hydrogen) atoms. The van der Waals surface area contributed by atoms with Gasteiger partial charge in [0.2, 0.25) is 0 Å². The van der Waals surface area contributed by atoms with Crippen LogP contribution in [0.3, 0.4) is 0 Å². The Balaban J connectivity index is 2.05. The first kappa shape index (κ1) is 16.3. The highest BCUT2D eigenvalue weighted by Gasteiger charge is 2.44. The van der Waals surface area contributed by atoms with Crippen molar-refractivity contribution in [3.8, 4) is 0 Å². The maximum absolute atomic E-state index is 5.98. The molecule has 2 saturated carbocycles. The summed E-state index contributed by atoms with van der Waals surface area (Å²) in [6.45, 7) is 11.5. The maximum atomic E-state index is 5.98. The van der Waals surface area contributed by atoms with Gasteiger partial charge in [0.05, 0.1) is 0 Å². The number of hydrazine groups is 1. The number of fused-ring (bicyclic) bond motifs is 2. The SMILES string of the molecule is CCN(CC)C(C)(CC)C(CC1CC2CCC1C2)NN. The first-order chi connectivity index (χ1) is 9.58. The third kappa shape index (κ3) is 2.90. The van der Waals surface area contributed by atoms with Gasteiger partial charge in [0.25, 0.3) is 0 Å². The number of hydrogen-bond acceptors (Lipinski definition) is 3. The van der Waals surface area contributed by atoms with Gasteiger partial charge in [-0.3, -0.25) is 16.2 Å². The molecular formula is C17H35N3. The highest BCUT2D eigenvalue weighted by Crippen LogP contribution is 2.50. The lowest BCUT2D eigenvalue weighted by atomic mass is 9.77. The van der Waals surface area contributed by atoms with Crippen LogP contribution in [-0.4, -0.2) is 29.6 Å². The van der Waals surface area contributed by atoms with Crippen LogP contribution in [0.4, 0.5) is 0 Å². The molecule has 0 aliphatic heterocycles. The molecule has 0 saturated heterocycles. The smallest absolute Gasteiger partial charge is 0.0394 e. The molecule has 2 bridgehead atoms. The summed E-state index contributed by atoms with van der Waals surface area (Å²) in [6, 6.07) is 0.414. The Hall–Kier alpha value is -0.120. The fraction of sp³-hybridized carbons (Fsp3) is 1.00. The van der Waals surface area contributed by atoms with E-state index in [1.54, 1.807) is 0 Å². The minimum atomic E-state index is 0.181. The Kier molecular flexibility index (Phi) is 5.49. The van der Waals surface area contributed by atoms with E-state index in [1.807, 2.05) is 0 Å². The Morgan fingerprint density at radius 2 is 1.90 bits per heavy atom. The van der Waals surface area contributed by atoms with Crippen LogP contribution in [-0.2, 0) is 0 Å². The quantitative estimate of drug-likeness (QED) is 0.530. The molecule has 3 nitrogen and oxygen atoms in total. The normalized spacial score (nSPS) is 33.6. The zero-order valence-corrected chi connectivity index (χ0v) is 14.0. The van der Waals surface area contributed by atoms with Crippen molar-refractivity contribution in [1.82, 2.24) is 10.3 Å². The summed E-state index contributed by atoms with van der Waals surface area (Å²) in [4.78, 5) is 2.59. The summed E-state index contributed by atoms with van der Waals surface area (Å²) >= 11 is 0. The number of hydrogen-bond donors (Lipinski definition) is 2. The zero-order valence-electron chi connectivity index (χ0n) is 14.0. The summed E-state index contributed by atoms with van der Waals surface area (Å²) in [5.41, 5.74) is 3.37. The van der Waals surface area contributed by atoms with Crippen molar-refractivity contribution in [2.75, 3.05) is 13.1 Å². The lowest BCUT2D eigenvalue weighted by Gasteiger charge is -2.46. The number of nitrogens with one attached hydrogen (secondary N) is 1. The van der Waals surface area contributed by atoms with Crippen molar-refractivity contribution in [1.29, 1.82) is 0 Å². The van der Waals surface area contributed by atoms with Gasteiger partial charge in [-0.25, -0.2) is 0 Å². The third-order valence-electron chi connectivity index (χ3n) is 6.58. The molecule has 118 valence electrons. The predicted molar refractivity (Wildman–Crippen MR) is 86.3 cm³/mol. The van der Waals surface area contributed by atoms with Crippen molar-refractivity contribution < 1.29 is 0 Å². The fourth-order valence-corrected chi connectivity index (χ4v) is 5.11. The van der Waals surface area contributed by atoms with E-state index >= 15 is 0 Å². The summed E-state index contributed by atoms with van der Waals surface area (Å²) in [5, 5.41) is 0. The van der Waals surface area contributed by atoms with E-state index in [0.717, 1.165) is 37.3 Å². The second kappa shape index (κ2) is 6.76. The molecule has 2 fully saturated rings. The Labute approximate surface area is 125 Å². The molecule has 5 atom stereocenters. The molecule has 0 heterocycles. The Bertz CT molecular complexity index is 303. The van der Waals surface area contributed by atoms with Crippen molar-refractivity contribution in [2.24, 2.45) is 23.6 Å². The van der Waals surface area contributed by atoms with E-state index in [9.17, 15) is 0 Å². The summed E-state index contributed by atoms with van der Waals surface area (Å²) in [6.07, 6.45) is 8.34. The van der Waals surface area contributed by atoms with Crippen molar-refractivity contribution >= 4 is 0 Å². The molecule has 2 aliphatic rings. The lowest BCUT2D eigenvalue weighted by molar-refractivity contribution is 0.0552. The van der Waals surface area contributed by atoms with Gasteiger partial charge in [-0.15, -0.1) is 0 Å². The van der Waals surface area contributed by atoms with Gasteiger partial charge in [-0.05, 0) is 69.9 Å². The van der Waals surface area contributed by atoms with E-state index in [2.05, 4.69) is 38.0 Å². The Morgan fingerprint density at radius 1 is 1.20 bits per heavy atom. The van der Waals surface area contributed by atoms with Crippen LogP contribution in [0.25, 0.3) is 0 Å². The van der Waals surface area contributed by atoms with E-state index in [4.69, 9.17) is 5.84 Å². The standard InChI is InChI=1S/C17H35N3/c1-5-17(4,20(6-2)7-3)16(19-18)12-15-11-13-8-9-14(15)10-13/h13-16,19H,5-12,18H2,1-4H3. The molecule has 0 spiro atoms. The number of likely N-dealkylation sites (N-methyl/N-ethyl adjacent to an activating group) is 1. The topological polar surface area (TPSA) is 41.3 Å². The zero-order chi connectivity index (χ0) is 14.8. The van der Waals surface area contributed by atoms with E-state index in [-0.39, 0.29) is 5.54 Å². The summed E-state index contributed by atoms with van der Waals surface area (Å²) < 4.78 is 0. The van der Waals surface area contributed by atoms with Gasteiger partial charge in [0, 0.05) is 11.6 Å². The fourth-order valence-electron chi connectivity index (χ4n) is 5.11. The molecule has 0 aromatic heterocycles. The Morgan fingerprint density at radius 3 is 2.30 bits per heavy atom. The minimum absolute atomic E-state index is 0.181. The van der Waals surface area contributed by atoms with E-state index < -0.39 is 0 Å². The van der Waals surface area contributed by atoms with Crippen molar-refractivity contribution in [3.63, 3.8) is 0 Å². The maximum Gasteiger partial charge on any atom is 0.0394 e. The van der Waals surface area contributed by atoms with Crippen LogP contribution < -0.4 is 11.3 Å². The van der Waals surface area contributed by atoms with Gasteiger partial charge < -0.3 is 0 Å². The molecule has 3 heteroatoms. The predicted octanol–water partition coefficient (Wildman–Crippen LogP) is 3.16. The van der Waals surface area contributed by atoms with E-state index in [0.29, 0.717) is 6.04 Å². The average molecular weight is 281 g/mol. The lowest BCUT2D eigenvalue weighted by Crippen LogP contribution is -2.61. The van der Waals surface area contributed by atoms with Crippen LogP contribution >= 0.6 is 0 Å². The number of nitrogens with zero attached hydrogens (tertiary/aromatic N) is 1. The molecular weight excluding hydrogens is 246 g/mol. The van der Waals surface area contributed by atoms with Gasteiger partial charge in [-0.2, -0.15) is 0 Å². The molecule has 0 radical (unpaired) electrons. The van der Waals surface area contributed by atoms with Crippen LogP contribution in [0.2, 0.25) is 0 Å². The van der Waals surface area contributed by atoms with Crippen LogP contribution in [0.1, 0.15) is 66.2 Å². The molecule has 2 rings (SSSR count). The van der Waals surface area contributed by atoms with Crippen LogP contribution in [0.15, 0.2) is 0 Å². The van der Waals surface area contributed by atoms with Crippen molar-refractivity contribution in [3.05, 3.63) is 0 Å². The highest BCUT2D eigenvalue weighted by atomic mass is 15.3. The van der Waals surface area contributed by atoms with E-state index in [1.165, 1.54) is 32.1 Å². The van der Waals surface area contributed by atoms with Gasteiger partial charge in [-0.1, -0.05) is 27.2 Å². The van der Waals surface area contributed by atoms with Crippen LogP contribution in [0, 0.1) is 17.8 Å². The molecule has 5 unspecified atom stereocenters. The number of rotatable bonds is 8. The first-order valence-corrected chi connectivity index (χ1v) is 8.80. The molecule has 0 amide bonds. The minimum Gasteiger partial charge on any atom is -0.297 e. The molecule has 3 N–H and O–H groups in total. The molecule has 0 aromatic carbocycles. The second-order valence-corrected chi connectivity index (χ2v) is 7.27.